The first kappa shape index (κ1) is 13.8. The van der Waals surface area contributed by atoms with E-state index in [1.54, 1.807) is 0 Å². The van der Waals surface area contributed by atoms with Crippen molar-refractivity contribution < 1.29 is 0 Å². The molecule has 3 rings (SSSR count). The predicted molar refractivity (Wildman–Crippen MR) is 86.5 cm³/mol. The van der Waals surface area contributed by atoms with Gasteiger partial charge in [-0.05, 0) is 62.4 Å². The van der Waals surface area contributed by atoms with Crippen LogP contribution in [0.25, 0.3) is 10.9 Å². The lowest BCUT2D eigenvalue weighted by atomic mass is 10.2. The van der Waals surface area contributed by atoms with Crippen LogP contribution in [0.2, 0.25) is 0 Å². The van der Waals surface area contributed by atoms with Gasteiger partial charge in [0, 0.05) is 22.5 Å². The molecule has 0 bridgehead atoms. The Kier molecular flexibility index (Phi) is 3.51. The molecule has 0 aliphatic rings. The van der Waals surface area contributed by atoms with Crippen LogP contribution in [0.3, 0.4) is 0 Å². The summed E-state index contributed by atoms with van der Waals surface area (Å²) in [4.78, 5) is 13.7. The van der Waals surface area contributed by atoms with E-state index in [4.69, 9.17) is 5.73 Å². The smallest absolute Gasteiger partial charge is 0.194 e. The van der Waals surface area contributed by atoms with Crippen molar-refractivity contribution in [3.8, 4) is 0 Å². The molecule has 0 spiro atoms. The molecule has 1 aromatic carbocycles. The zero-order chi connectivity index (χ0) is 15.0. The Bertz CT molecular complexity index is 807. The van der Waals surface area contributed by atoms with E-state index < -0.39 is 0 Å². The molecule has 5 heteroatoms. The Hall–Kier alpha value is -2.14. The molecule has 0 aliphatic heterocycles. The van der Waals surface area contributed by atoms with Crippen molar-refractivity contribution in [3.05, 3.63) is 47.3 Å². The summed E-state index contributed by atoms with van der Waals surface area (Å²) < 4.78 is 0. The van der Waals surface area contributed by atoms with Crippen LogP contribution in [0.4, 0.5) is 5.69 Å². The number of fused-ring (bicyclic) bond motifs is 1. The fourth-order valence-corrected chi connectivity index (χ4v) is 2.90. The maximum absolute atomic E-state index is 5.78. The van der Waals surface area contributed by atoms with Crippen LogP contribution >= 0.6 is 11.8 Å². The third-order valence-electron chi connectivity index (χ3n) is 3.50. The number of hydrogen-bond acceptors (Lipinski definition) is 5. The number of pyridine rings is 1. The first-order chi connectivity index (χ1) is 10.0. The van der Waals surface area contributed by atoms with Crippen molar-refractivity contribution in [2.75, 3.05) is 5.73 Å². The van der Waals surface area contributed by atoms with Crippen molar-refractivity contribution in [3.63, 3.8) is 0 Å². The Balaban J connectivity index is 1.96. The SMILES string of the molecule is Cc1nc(Sc2ccc3cc(N)ccc3n2)nc(C)c1C. The average Bonchev–Trinajstić information content (AvgIpc) is 2.45. The van der Waals surface area contributed by atoms with Crippen LogP contribution in [0.5, 0.6) is 0 Å². The second kappa shape index (κ2) is 5.33. The van der Waals surface area contributed by atoms with Gasteiger partial charge in [-0.2, -0.15) is 0 Å². The summed E-state index contributed by atoms with van der Waals surface area (Å²) in [6.07, 6.45) is 0. The first-order valence-electron chi connectivity index (χ1n) is 6.69. The highest BCUT2D eigenvalue weighted by Gasteiger charge is 2.08. The summed E-state index contributed by atoms with van der Waals surface area (Å²) in [5, 5.41) is 2.66. The molecule has 2 heterocycles. The van der Waals surface area contributed by atoms with Gasteiger partial charge < -0.3 is 5.73 Å². The van der Waals surface area contributed by atoms with Crippen LogP contribution in [-0.2, 0) is 0 Å². The van der Waals surface area contributed by atoms with Crippen LogP contribution < -0.4 is 5.73 Å². The summed E-state index contributed by atoms with van der Waals surface area (Å²) in [5.41, 5.74) is 10.6. The minimum Gasteiger partial charge on any atom is -0.399 e. The zero-order valence-electron chi connectivity index (χ0n) is 12.2. The molecule has 0 amide bonds. The van der Waals surface area contributed by atoms with E-state index in [-0.39, 0.29) is 0 Å². The summed E-state index contributed by atoms with van der Waals surface area (Å²) in [7, 11) is 0. The molecular weight excluding hydrogens is 280 g/mol. The van der Waals surface area contributed by atoms with Crippen LogP contribution in [0.1, 0.15) is 17.0 Å². The van der Waals surface area contributed by atoms with Gasteiger partial charge in [0.05, 0.1) is 5.52 Å². The van der Waals surface area contributed by atoms with Gasteiger partial charge in [-0.3, -0.25) is 0 Å². The van der Waals surface area contributed by atoms with Crippen LogP contribution in [0.15, 0.2) is 40.5 Å². The number of hydrogen-bond donors (Lipinski definition) is 1. The molecule has 4 nitrogen and oxygen atoms in total. The number of aryl methyl sites for hydroxylation is 2. The molecule has 0 aliphatic carbocycles. The van der Waals surface area contributed by atoms with Gasteiger partial charge in [0.2, 0.25) is 0 Å². The second-order valence-corrected chi connectivity index (χ2v) is 5.99. The van der Waals surface area contributed by atoms with Gasteiger partial charge in [0.25, 0.3) is 0 Å². The molecule has 0 saturated heterocycles. The molecule has 2 N–H and O–H groups in total. The van der Waals surface area contributed by atoms with E-state index in [0.29, 0.717) is 0 Å². The fourth-order valence-electron chi connectivity index (χ4n) is 2.06. The Morgan fingerprint density at radius 3 is 2.33 bits per heavy atom. The maximum atomic E-state index is 5.78. The number of nitrogens with zero attached hydrogens (tertiary/aromatic N) is 3. The minimum atomic E-state index is 0.734. The highest BCUT2D eigenvalue weighted by Crippen LogP contribution is 2.26. The van der Waals surface area contributed by atoms with Crippen LogP contribution in [-0.4, -0.2) is 15.0 Å². The molecule has 0 radical (unpaired) electrons. The molecule has 21 heavy (non-hydrogen) atoms. The summed E-state index contributed by atoms with van der Waals surface area (Å²) in [5.74, 6) is 0. The summed E-state index contributed by atoms with van der Waals surface area (Å²) in [6.45, 7) is 6.05. The third-order valence-corrected chi connectivity index (χ3v) is 4.30. The fraction of sp³-hybridized carbons (Fsp3) is 0.188. The normalized spacial score (nSPS) is 11.0. The third kappa shape index (κ3) is 2.83. The lowest BCUT2D eigenvalue weighted by molar-refractivity contribution is 0.879. The van der Waals surface area contributed by atoms with Crippen molar-refractivity contribution >= 4 is 28.4 Å². The molecule has 0 fully saturated rings. The summed E-state index contributed by atoms with van der Waals surface area (Å²) in [6, 6.07) is 9.71. The number of anilines is 1. The average molecular weight is 296 g/mol. The van der Waals surface area contributed by atoms with E-state index >= 15 is 0 Å². The standard InChI is InChI=1S/C16H16N4S/c1-9-10(2)18-16(19-11(9)3)21-15-7-4-12-8-13(17)5-6-14(12)20-15/h4-8H,17H2,1-3H3. The molecule has 0 saturated carbocycles. The number of nitrogens with two attached hydrogens (primary N) is 1. The Labute approximate surface area is 127 Å². The maximum Gasteiger partial charge on any atom is 0.194 e. The van der Waals surface area contributed by atoms with E-state index in [2.05, 4.69) is 15.0 Å². The van der Waals surface area contributed by atoms with E-state index in [1.165, 1.54) is 11.8 Å². The van der Waals surface area contributed by atoms with Gasteiger partial charge in [0.1, 0.15) is 5.03 Å². The first-order valence-corrected chi connectivity index (χ1v) is 7.50. The van der Waals surface area contributed by atoms with Gasteiger partial charge in [-0.25, -0.2) is 15.0 Å². The zero-order valence-corrected chi connectivity index (χ0v) is 13.0. The number of benzene rings is 1. The van der Waals surface area contributed by atoms with Crippen molar-refractivity contribution in [2.24, 2.45) is 0 Å². The molecule has 3 aromatic rings. The highest BCUT2D eigenvalue weighted by atomic mass is 32.2. The van der Waals surface area contributed by atoms with Gasteiger partial charge in [0.15, 0.2) is 5.16 Å². The minimum absolute atomic E-state index is 0.734. The quantitative estimate of drug-likeness (QED) is 0.577. The monoisotopic (exact) mass is 296 g/mol. The number of nitrogen functional groups attached to an aromatic ring is 1. The Morgan fingerprint density at radius 2 is 1.62 bits per heavy atom. The lowest BCUT2D eigenvalue weighted by Gasteiger charge is -2.07. The summed E-state index contributed by atoms with van der Waals surface area (Å²) >= 11 is 1.48. The van der Waals surface area contributed by atoms with Crippen molar-refractivity contribution in [2.45, 2.75) is 31.0 Å². The number of aromatic nitrogens is 3. The van der Waals surface area contributed by atoms with Crippen molar-refractivity contribution in [1.29, 1.82) is 0 Å². The van der Waals surface area contributed by atoms with Crippen LogP contribution in [0, 0.1) is 20.8 Å². The molecule has 0 atom stereocenters. The van der Waals surface area contributed by atoms with Gasteiger partial charge in [-0.1, -0.05) is 6.07 Å². The topological polar surface area (TPSA) is 64.7 Å². The van der Waals surface area contributed by atoms with Crippen molar-refractivity contribution in [1.82, 2.24) is 15.0 Å². The van der Waals surface area contributed by atoms with E-state index in [0.717, 1.165) is 43.7 Å². The lowest BCUT2D eigenvalue weighted by Crippen LogP contribution is -1.98. The molecule has 2 aromatic heterocycles. The molecule has 106 valence electrons. The predicted octanol–water partition coefficient (Wildman–Crippen LogP) is 3.68. The molecule has 0 unspecified atom stereocenters. The largest absolute Gasteiger partial charge is 0.399 e. The Morgan fingerprint density at radius 1 is 0.905 bits per heavy atom. The second-order valence-electron chi connectivity index (χ2n) is 5.01. The van der Waals surface area contributed by atoms with E-state index in [1.807, 2.05) is 51.1 Å². The van der Waals surface area contributed by atoms with E-state index in [9.17, 15) is 0 Å². The van der Waals surface area contributed by atoms with Gasteiger partial charge in [-0.15, -0.1) is 0 Å². The van der Waals surface area contributed by atoms with Gasteiger partial charge >= 0.3 is 0 Å². The molecular formula is C16H16N4S. The highest BCUT2D eigenvalue weighted by molar-refractivity contribution is 7.99. The number of rotatable bonds is 2.